The third-order valence-electron chi connectivity index (χ3n) is 4.50. The molecule has 0 amide bonds. The second-order valence-electron chi connectivity index (χ2n) is 6.76. The average Bonchev–Trinajstić information content (AvgIpc) is 2.50. The molecule has 0 aromatic rings. The van der Waals surface area contributed by atoms with Gasteiger partial charge in [-0.2, -0.15) is 0 Å². The Hall–Kier alpha value is -0.0400. The van der Waals surface area contributed by atoms with Crippen LogP contribution in [0.25, 0.3) is 0 Å². The normalized spacial score (nSPS) is 12.7. The SMILES string of the molecule is CCCCCCCCCC(CCCCCCC)NCCC. The summed E-state index contributed by atoms with van der Waals surface area (Å²) in [6.07, 6.45) is 21.2. The molecule has 0 aliphatic heterocycles. The molecule has 21 heavy (non-hydrogen) atoms. The summed E-state index contributed by atoms with van der Waals surface area (Å²) in [6, 6.07) is 0.794. The van der Waals surface area contributed by atoms with Gasteiger partial charge >= 0.3 is 0 Å². The summed E-state index contributed by atoms with van der Waals surface area (Å²) in [4.78, 5) is 0. The van der Waals surface area contributed by atoms with Gasteiger partial charge in [0, 0.05) is 6.04 Å². The number of hydrogen-bond acceptors (Lipinski definition) is 1. The van der Waals surface area contributed by atoms with E-state index in [0.29, 0.717) is 0 Å². The Kier molecular flexibility index (Phi) is 18.0. The molecule has 0 aliphatic rings. The van der Waals surface area contributed by atoms with Crippen LogP contribution in [0.4, 0.5) is 0 Å². The number of hydrogen-bond donors (Lipinski definition) is 1. The fraction of sp³-hybridized carbons (Fsp3) is 1.00. The lowest BCUT2D eigenvalue weighted by atomic mass is 10.00. The van der Waals surface area contributed by atoms with Gasteiger partial charge in [0.1, 0.15) is 0 Å². The van der Waals surface area contributed by atoms with Gasteiger partial charge in [-0.25, -0.2) is 0 Å². The molecule has 128 valence electrons. The smallest absolute Gasteiger partial charge is 0.00670 e. The van der Waals surface area contributed by atoms with Gasteiger partial charge in [-0.05, 0) is 25.8 Å². The molecule has 1 heteroatoms. The molecule has 0 spiro atoms. The minimum absolute atomic E-state index is 0.794. The van der Waals surface area contributed by atoms with Crippen molar-refractivity contribution >= 4 is 0 Å². The van der Waals surface area contributed by atoms with Crippen molar-refractivity contribution in [1.82, 2.24) is 5.32 Å². The molecule has 0 radical (unpaired) electrons. The lowest BCUT2D eigenvalue weighted by Crippen LogP contribution is -2.29. The van der Waals surface area contributed by atoms with E-state index in [9.17, 15) is 0 Å². The van der Waals surface area contributed by atoms with Crippen LogP contribution in [0.5, 0.6) is 0 Å². The highest BCUT2D eigenvalue weighted by atomic mass is 14.9. The van der Waals surface area contributed by atoms with Crippen LogP contribution in [0.1, 0.15) is 117 Å². The summed E-state index contributed by atoms with van der Waals surface area (Å²) < 4.78 is 0. The summed E-state index contributed by atoms with van der Waals surface area (Å²) >= 11 is 0. The number of unbranched alkanes of at least 4 members (excludes halogenated alkanes) is 10. The van der Waals surface area contributed by atoms with E-state index in [0.717, 1.165) is 6.04 Å². The Morgan fingerprint density at radius 3 is 1.38 bits per heavy atom. The third kappa shape index (κ3) is 16.2. The van der Waals surface area contributed by atoms with Crippen molar-refractivity contribution in [2.45, 2.75) is 123 Å². The first-order chi connectivity index (χ1) is 10.3. The third-order valence-corrected chi connectivity index (χ3v) is 4.50. The van der Waals surface area contributed by atoms with E-state index in [1.54, 1.807) is 0 Å². The molecule has 0 aromatic carbocycles. The van der Waals surface area contributed by atoms with Crippen LogP contribution in [0.15, 0.2) is 0 Å². The van der Waals surface area contributed by atoms with E-state index in [1.807, 2.05) is 0 Å². The molecule has 0 saturated carbocycles. The first kappa shape index (κ1) is 21.0. The topological polar surface area (TPSA) is 12.0 Å². The van der Waals surface area contributed by atoms with E-state index in [-0.39, 0.29) is 0 Å². The quantitative estimate of drug-likeness (QED) is 0.289. The van der Waals surface area contributed by atoms with Crippen molar-refractivity contribution in [1.29, 1.82) is 0 Å². The fourth-order valence-electron chi connectivity index (χ4n) is 3.04. The van der Waals surface area contributed by atoms with E-state index in [4.69, 9.17) is 0 Å². The molecule has 0 bridgehead atoms. The minimum atomic E-state index is 0.794. The lowest BCUT2D eigenvalue weighted by molar-refractivity contribution is 0.412. The zero-order chi connectivity index (χ0) is 15.6. The van der Waals surface area contributed by atoms with E-state index >= 15 is 0 Å². The van der Waals surface area contributed by atoms with E-state index in [1.165, 1.54) is 103 Å². The largest absolute Gasteiger partial charge is 0.314 e. The molecule has 1 unspecified atom stereocenters. The highest BCUT2D eigenvalue weighted by molar-refractivity contribution is 4.67. The van der Waals surface area contributed by atoms with Crippen LogP contribution < -0.4 is 5.32 Å². The molecule has 0 saturated heterocycles. The van der Waals surface area contributed by atoms with Crippen LogP contribution in [0.3, 0.4) is 0 Å². The molecule has 0 aliphatic carbocycles. The number of nitrogens with one attached hydrogen (secondary N) is 1. The van der Waals surface area contributed by atoms with Crippen molar-refractivity contribution in [3.05, 3.63) is 0 Å². The Labute approximate surface area is 135 Å². The van der Waals surface area contributed by atoms with Crippen LogP contribution in [0, 0.1) is 0 Å². The average molecular weight is 298 g/mol. The maximum atomic E-state index is 3.77. The summed E-state index contributed by atoms with van der Waals surface area (Å²) in [5.74, 6) is 0. The number of rotatable bonds is 17. The van der Waals surface area contributed by atoms with Crippen LogP contribution in [-0.4, -0.2) is 12.6 Å². The molecular weight excluding hydrogens is 254 g/mol. The van der Waals surface area contributed by atoms with Gasteiger partial charge in [0.25, 0.3) is 0 Å². The van der Waals surface area contributed by atoms with Crippen LogP contribution in [-0.2, 0) is 0 Å². The van der Waals surface area contributed by atoms with Crippen LogP contribution in [0.2, 0.25) is 0 Å². The molecule has 0 heterocycles. The zero-order valence-electron chi connectivity index (χ0n) is 15.4. The van der Waals surface area contributed by atoms with Crippen molar-refractivity contribution < 1.29 is 0 Å². The van der Waals surface area contributed by atoms with Gasteiger partial charge in [-0.3, -0.25) is 0 Å². The predicted octanol–water partition coefficient (Wildman–Crippen LogP) is 6.86. The van der Waals surface area contributed by atoms with Gasteiger partial charge in [-0.1, -0.05) is 97.8 Å². The summed E-state index contributed by atoms with van der Waals surface area (Å²) in [7, 11) is 0. The van der Waals surface area contributed by atoms with Gasteiger partial charge < -0.3 is 5.32 Å². The molecule has 1 nitrogen and oxygen atoms in total. The molecule has 0 fully saturated rings. The second-order valence-corrected chi connectivity index (χ2v) is 6.76. The zero-order valence-corrected chi connectivity index (χ0v) is 15.4. The fourth-order valence-corrected chi connectivity index (χ4v) is 3.04. The maximum Gasteiger partial charge on any atom is 0.00670 e. The van der Waals surface area contributed by atoms with Crippen LogP contribution >= 0.6 is 0 Å². The van der Waals surface area contributed by atoms with Gasteiger partial charge in [0.2, 0.25) is 0 Å². The monoisotopic (exact) mass is 297 g/mol. The summed E-state index contributed by atoms with van der Waals surface area (Å²) in [5.41, 5.74) is 0. The predicted molar refractivity (Wildman–Crippen MR) is 98.1 cm³/mol. The molecule has 1 N–H and O–H groups in total. The lowest BCUT2D eigenvalue weighted by Gasteiger charge is -2.18. The summed E-state index contributed by atoms with van der Waals surface area (Å²) in [5, 5.41) is 3.77. The molecular formula is C20H43N. The maximum absolute atomic E-state index is 3.77. The van der Waals surface area contributed by atoms with Gasteiger partial charge in [-0.15, -0.1) is 0 Å². The van der Waals surface area contributed by atoms with Crippen molar-refractivity contribution in [3.8, 4) is 0 Å². The highest BCUT2D eigenvalue weighted by Crippen LogP contribution is 2.14. The molecule has 0 aromatic heterocycles. The highest BCUT2D eigenvalue weighted by Gasteiger charge is 2.07. The second kappa shape index (κ2) is 18.0. The summed E-state index contributed by atoms with van der Waals surface area (Å²) in [6.45, 7) is 8.08. The van der Waals surface area contributed by atoms with Gasteiger partial charge in [0.15, 0.2) is 0 Å². The van der Waals surface area contributed by atoms with Crippen molar-refractivity contribution in [2.24, 2.45) is 0 Å². The molecule has 1 atom stereocenters. The van der Waals surface area contributed by atoms with Gasteiger partial charge in [0.05, 0.1) is 0 Å². The Morgan fingerprint density at radius 1 is 0.524 bits per heavy atom. The Balaban J connectivity index is 3.55. The standard InChI is InChI=1S/C20H43N/c1-4-7-9-11-12-14-16-18-20(21-19-6-3)17-15-13-10-8-5-2/h20-21H,4-19H2,1-3H3. The molecule has 0 rings (SSSR count). The minimum Gasteiger partial charge on any atom is -0.314 e. The van der Waals surface area contributed by atoms with Crippen molar-refractivity contribution in [2.75, 3.05) is 6.54 Å². The first-order valence-electron chi connectivity index (χ1n) is 10.1. The van der Waals surface area contributed by atoms with Crippen molar-refractivity contribution in [3.63, 3.8) is 0 Å². The Morgan fingerprint density at radius 2 is 0.952 bits per heavy atom. The van der Waals surface area contributed by atoms with E-state index in [2.05, 4.69) is 26.1 Å². The van der Waals surface area contributed by atoms with E-state index < -0.39 is 0 Å². The first-order valence-corrected chi connectivity index (χ1v) is 10.1. The Bertz CT molecular complexity index is 179.